The second-order valence-electron chi connectivity index (χ2n) is 6.77. The molecular formula is C20H22ClNO4S. The summed E-state index contributed by atoms with van der Waals surface area (Å²) in [6.07, 6.45) is 0. The fourth-order valence-corrected chi connectivity index (χ4v) is 6.22. The van der Waals surface area contributed by atoms with Crippen LogP contribution in [0.25, 0.3) is 0 Å². The Kier molecular flexibility index (Phi) is 5.34. The lowest BCUT2D eigenvalue weighted by Crippen LogP contribution is -2.33. The van der Waals surface area contributed by atoms with Crippen molar-refractivity contribution >= 4 is 27.4 Å². The second kappa shape index (κ2) is 7.26. The number of ether oxygens (including phenoxy) is 1. The molecule has 0 radical (unpaired) electrons. The molecule has 3 atom stereocenters. The third-order valence-corrected chi connectivity index (χ3v) is 7.71. The molecule has 2 N–H and O–H groups in total. The molecule has 0 bridgehead atoms. The molecule has 7 heteroatoms. The second-order valence-corrected chi connectivity index (χ2v) is 9.28. The molecule has 1 aliphatic rings. The summed E-state index contributed by atoms with van der Waals surface area (Å²) in [7, 11) is -3.81. The van der Waals surface area contributed by atoms with Crippen molar-refractivity contribution in [3.63, 3.8) is 0 Å². The Hall–Kier alpha value is -1.89. The zero-order chi connectivity index (χ0) is 19.8. The van der Waals surface area contributed by atoms with Crippen molar-refractivity contribution in [2.75, 3.05) is 13.2 Å². The van der Waals surface area contributed by atoms with Crippen LogP contribution in [0.2, 0.25) is 5.02 Å². The number of hydrogen-bond donors (Lipinski definition) is 1. The Morgan fingerprint density at radius 3 is 2.26 bits per heavy atom. The van der Waals surface area contributed by atoms with Crippen molar-refractivity contribution < 1.29 is 17.9 Å². The highest BCUT2D eigenvalue weighted by molar-refractivity contribution is 7.92. The highest BCUT2D eigenvalue weighted by atomic mass is 35.5. The Labute approximate surface area is 164 Å². The number of carbonyl (C=O) groups excluding carboxylic acids is 1. The summed E-state index contributed by atoms with van der Waals surface area (Å²) < 4.78 is 31.9. The van der Waals surface area contributed by atoms with Crippen LogP contribution in [0.1, 0.15) is 24.0 Å². The Bertz CT molecular complexity index is 941. The van der Waals surface area contributed by atoms with Crippen molar-refractivity contribution in [2.45, 2.75) is 29.9 Å². The van der Waals surface area contributed by atoms with Gasteiger partial charge in [-0.05, 0) is 43.7 Å². The van der Waals surface area contributed by atoms with Crippen LogP contribution in [0.5, 0.6) is 0 Å². The summed E-state index contributed by atoms with van der Waals surface area (Å²) >= 11 is 5.88. The van der Waals surface area contributed by atoms with Gasteiger partial charge in [0.25, 0.3) is 0 Å². The number of sulfone groups is 1. The van der Waals surface area contributed by atoms with Crippen LogP contribution in [0.4, 0.5) is 0 Å². The van der Waals surface area contributed by atoms with Gasteiger partial charge in [0.15, 0.2) is 9.84 Å². The number of aryl methyl sites for hydroxylation is 1. The monoisotopic (exact) mass is 407 g/mol. The fourth-order valence-electron chi connectivity index (χ4n) is 3.71. The number of halogens is 1. The molecule has 3 rings (SSSR count). The molecule has 27 heavy (non-hydrogen) atoms. The molecule has 2 aromatic rings. The van der Waals surface area contributed by atoms with E-state index in [-0.39, 0.29) is 18.0 Å². The zero-order valence-corrected chi connectivity index (χ0v) is 16.8. The van der Waals surface area contributed by atoms with Crippen LogP contribution in [0, 0.1) is 12.3 Å². The summed E-state index contributed by atoms with van der Waals surface area (Å²) in [5.41, 5.74) is 6.49. The average Bonchev–Trinajstić information content (AvgIpc) is 3.34. The van der Waals surface area contributed by atoms with Crippen molar-refractivity contribution in [3.05, 3.63) is 64.7 Å². The van der Waals surface area contributed by atoms with Gasteiger partial charge in [0.1, 0.15) is 5.41 Å². The van der Waals surface area contributed by atoms with E-state index in [1.165, 1.54) is 24.3 Å². The maximum atomic E-state index is 13.3. The summed E-state index contributed by atoms with van der Waals surface area (Å²) in [5, 5.41) is -0.534. The summed E-state index contributed by atoms with van der Waals surface area (Å²) in [5.74, 6) is -1.12. The van der Waals surface area contributed by atoms with Crippen molar-refractivity contribution in [1.29, 1.82) is 0 Å². The first-order chi connectivity index (χ1) is 12.8. The van der Waals surface area contributed by atoms with Gasteiger partial charge in [0.2, 0.25) is 0 Å². The molecule has 0 aliphatic heterocycles. The van der Waals surface area contributed by atoms with E-state index in [2.05, 4.69) is 0 Å². The summed E-state index contributed by atoms with van der Waals surface area (Å²) in [4.78, 5) is 12.9. The lowest BCUT2D eigenvalue weighted by Gasteiger charge is -2.14. The first kappa shape index (κ1) is 19.9. The standard InChI is InChI=1S/C20H22ClNO4S/c1-3-26-19(23)20(12-22)17(14-6-4-13(2)5-7-14)18(20)27(24,25)16-10-8-15(21)9-11-16/h4-11,17-18H,3,12,22H2,1-2H3/t17-,18+,20+/m0/s1. The van der Waals surface area contributed by atoms with E-state index >= 15 is 0 Å². The van der Waals surface area contributed by atoms with Gasteiger partial charge in [-0.15, -0.1) is 0 Å². The minimum atomic E-state index is -3.81. The maximum absolute atomic E-state index is 13.3. The zero-order valence-electron chi connectivity index (χ0n) is 15.2. The molecule has 0 aromatic heterocycles. The molecule has 1 saturated carbocycles. The molecule has 144 valence electrons. The van der Waals surface area contributed by atoms with E-state index in [4.69, 9.17) is 22.1 Å². The minimum absolute atomic E-state index is 0.109. The average molecular weight is 408 g/mol. The van der Waals surface area contributed by atoms with Gasteiger partial charge in [0.05, 0.1) is 16.8 Å². The Balaban J connectivity index is 2.10. The third-order valence-electron chi connectivity index (χ3n) is 5.16. The SMILES string of the molecule is CCOC(=O)[C@@]1(CN)[C@H](S(=O)(=O)c2ccc(Cl)cc2)[C@@H]1c1ccc(C)cc1. The van der Waals surface area contributed by atoms with Crippen molar-refractivity contribution in [2.24, 2.45) is 11.1 Å². The van der Waals surface area contributed by atoms with Crippen molar-refractivity contribution in [1.82, 2.24) is 0 Å². The van der Waals surface area contributed by atoms with Gasteiger partial charge in [-0.1, -0.05) is 41.4 Å². The van der Waals surface area contributed by atoms with Crippen LogP contribution in [-0.2, 0) is 19.4 Å². The molecule has 5 nitrogen and oxygen atoms in total. The van der Waals surface area contributed by atoms with Gasteiger partial charge >= 0.3 is 5.97 Å². The fraction of sp³-hybridized carbons (Fsp3) is 0.350. The number of rotatable bonds is 6. The highest BCUT2D eigenvalue weighted by Crippen LogP contribution is 2.64. The van der Waals surface area contributed by atoms with Gasteiger partial charge in [-0.2, -0.15) is 0 Å². The molecule has 1 aliphatic carbocycles. The van der Waals surface area contributed by atoms with E-state index < -0.39 is 32.4 Å². The van der Waals surface area contributed by atoms with Crippen LogP contribution in [-0.4, -0.2) is 32.8 Å². The van der Waals surface area contributed by atoms with Crippen LogP contribution < -0.4 is 5.73 Å². The summed E-state index contributed by atoms with van der Waals surface area (Å²) in [6.45, 7) is 3.69. The van der Waals surface area contributed by atoms with Gasteiger partial charge < -0.3 is 10.5 Å². The Morgan fingerprint density at radius 1 is 1.15 bits per heavy atom. The molecule has 0 unspecified atom stereocenters. The number of nitrogens with two attached hydrogens (primary N) is 1. The number of hydrogen-bond acceptors (Lipinski definition) is 5. The quantitative estimate of drug-likeness (QED) is 0.743. The van der Waals surface area contributed by atoms with E-state index in [0.717, 1.165) is 11.1 Å². The maximum Gasteiger partial charge on any atom is 0.315 e. The minimum Gasteiger partial charge on any atom is -0.465 e. The highest BCUT2D eigenvalue weighted by Gasteiger charge is 2.75. The third kappa shape index (κ3) is 3.26. The summed E-state index contributed by atoms with van der Waals surface area (Å²) in [6, 6.07) is 13.4. The smallest absolute Gasteiger partial charge is 0.315 e. The van der Waals surface area contributed by atoms with Gasteiger partial charge in [-0.25, -0.2) is 8.42 Å². The van der Waals surface area contributed by atoms with E-state index in [1.807, 2.05) is 31.2 Å². The molecular weight excluding hydrogens is 386 g/mol. The van der Waals surface area contributed by atoms with Crippen LogP contribution >= 0.6 is 11.6 Å². The lowest BCUT2D eigenvalue weighted by atomic mass is 9.98. The van der Waals surface area contributed by atoms with Crippen molar-refractivity contribution in [3.8, 4) is 0 Å². The molecule has 1 fully saturated rings. The van der Waals surface area contributed by atoms with E-state index in [1.54, 1.807) is 6.92 Å². The first-order valence-electron chi connectivity index (χ1n) is 8.72. The van der Waals surface area contributed by atoms with E-state index in [0.29, 0.717) is 5.02 Å². The van der Waals surface area contributed by atoms with Crippen LogP contribution in [0.15, 0.2) is 53.4 Å². The number of benzene rings is 2. The molecule has 0 amide bonds. The largest absolute Gasteiger partial charge is 0.465 e. The molecule has 0 heterocycles. The predicted octanol–water partition coefficient (Wildman–Crippen LogP) is 3.10. The number of carbonyl (C=O) groups is 1. The Morgan fingerprint density at radius 2 is 1.74 bits per heavy atom. The van der Waals surface area contributed by atoms with E-state index in [9.17, 15) is 13.2 Å². The topological polar surface area (TPSA) is 86.5 Å². The predicted molar refractivity (Wildman–Crippen MR) is 104 cm³/mol. The first-order valence-corrected chi connectivity index (χ1v) is 10.6. The lowest BCUT2D eigenvalue weighted by molar-refractivity contribution is -0.149. The van der Waals surface area contributed by atoms with Gasteiger partial charge in [0, 0.05) is 17.5 Å². The molecule has 0 spiro atoms. The number of esters is 1. The molecule has 2 aromatic carbocycles. The van der Waals surface area contributed by atoms with Gasteiger partial charge in [-0.3, -0.25) is 4.79 Å². The van der Waals surface area contributed by atoms with Crippen LogP contribution in [0.3, 0.4) is 0 Å². The normalized spacial score (nSPS) is 24.4. The molecule has 0 saturated heterocycles.